The lowest BCUT2D eigenvalue weighted by Crippen LogP contribution is -2.42. The average molecular weight is 260 g/mol. The average Bonchev–Trinajstić information content (AvgIpc) is 2.38. The van der Waals surface area contributed by atoms with Crippen LogP contribution in [-0.4, -0.2) is 30.1 Å². The first-order valence-electron chi connectivity index (χ1n) is 6.51. The minimum atomic E-state index is -2.31. The molecular formula is C13H28O3Si. The van der Waals surface area contributed by atoms with Crippen LogP contribution in [0.25, 0.3) is 0 Å². The van der Waals surface area contributed by atoms with Crippen molar-refractivity contribution in [2.45, 2.75) is 51.0 Å². The van der Waals surface area contributed by atoms with Crippen LogP contribution in [0, 0.1) is 0 Å². The zero-order valence-electron chi connectivity index (χ0n) is 11.7. The Morgan fingerprint density at radius 1 is 0.824 bits per heavy atom. The van der Waals surface area contributed by atoms with Gasteiger partial charge in [0.1, 0.15) is 0 Å². The van der Waals surface area contributed by atoms with Gasteiger partial charge >= 0.3 is 8.80 Å². The van der Waals surface area contributed by atoms with Gasteiger partial charge < -0.3 is 13.3 Å². The molecule has 102 valence electrons. The van der Waals surface area contributed by atoms with Crippen LogP contribution in [0.4, 0.5) is 0 Å². The molecule has 0 aromatic heterocycles. The van der Waals surface area contributed by atoms with Crippen molar-refractivity contribution in [1.29, 1.82) is 0 Å². The third-order valence-corrected chi connectivity index (χ3v) is 5.91. The Hall–Kier alpha value is -0.163. The second kappa shape index (κ2) is 11.0. The van der Waals surface area contributed by atoms with Gasteiger partial charge in [-0.1, -0.05) is 31.8 Å². The summed E-state index contributed by atoms with van der Waals surface area (Å²) in [4.78, 5) is 0. The first-order valence-corrected chi connectivity index (χ1v) is 8.44. The van der Waals surface area contributed by atoms with Gasteiger partial charge in [-0.25, -0.2) is 0 Å². The molecule has 0 fully saturated rings. The number of unbranched alkanes of at least 4 members (excludes halogenated alkanes) is 6. The van der Waals surface area contributed by atoms with Crippen LogP contribution in [0.1, 0.15) is 44.9 Å². The topological polar surface area (TPSA) is 27.7 Å². The van der Waals surface area contributed by atoms with E-state index < -0.39 is 8.80 Å². The van der Waals surface area contributed by atoms with E-state index >= 15 is 0 Å². The zero-order chi connectivity index (χ0) is 13.0. The summed E-state index contributed by atoms with van der Waals surface area (Å²) in [5, 5.41) is 0. The van der Waals surface area contributed by atoms with Gasteiger partial charge in [0.05, 0.1) is 0 Å². The lowest BCUT2D eigenvalue weighted by atomic mass is 10.1. The van der Waals surface area contributed by atoms with E-state index in [2.05, 4.69) is 6.58 Å². The molecule has 0 aliphatic carbocycles. The van der Waals surface area contributed by atoms with Crippen LogP contribution in [0.5, 0.6) is 0 Å². The van der Waals surface area contributed by atoms with Crippen LogP contribution in [-0.2, 0) is 13.3 Å². The molecule has 3 nitrogen and oxygen atoms in total. The Morgan fingerprint density at radius 2 is 1.29 bits per heavy atom. The highest BCUT2D eigenvalue weighted by Gasteiger charge is 2.36. The first kappa shape index (κ1) is 16.8. The van der Waals surface area contributed by atoms with E-state index in [9.17, 15) is 0 Å². The quantitative estimate of drug-likeness (QED) is 0.304. The van der Waals surface area contributed by atoms with Crippen LogP contribution in [0.15, 0.2) is 12.7 Å². The smallest absolute Gasteiger partial charge is 0.377 e. The predicted octanol–water partition coefficient (Wildman–Crippen LogP) is 3.78. The molecule has 0 radical (unpaired) electrons. The fraction of sp³-hybridized carbons (Fsp3) is 0.846. The molecule has 0 bridgehead atoms. The second-order valence-electron chi connectivity index (χ2n) is 4.24. The van der Waals surface area contributed by atoms with E-state index in [-0.39, 0.29) is 0 Å². The summed E-state index contributed by atoms with van der Waals surface area (Å²) < 4.78 is 16.1. The van der Waals surface area contributed by atoms with Gasteiger partial charge in [-0.3, -0.25) is 0 Å². The van der Waals surface area contributed by atoms with Crippen molar-refractivity contribution < 1.29 is 13.3 Å². The maximum Gasteiger partial charge on any atom is 0.500 e. The van der Waals surface area contributed by atoms with E-state index in [1.165, 1.54) is 32.1 Å². The van der Waals surface area contributed by atoms with E-state index in [0.29, 0.717) is 0 Å². The number of allylic oxidation sites excluding steroid dienone is 1. The molecule has 0 amide bonds. The molecule has 0 aromatic rings. The van der Waals surface area contributed by atoms with Crippen LogP contribution in [0.2, 0.25) is 6.04 Å². The van der Waals surface area contributed by atoms with Crippen molar-refractivity contribution in [3.63, 3.8) is 0 Å². The molecule has 0 N–H and O–H groups in total. The molecule has 0 saturated carbocycles. The SMILES string of the molecule is C=CCCCCCCCC[Si](OC)(OC)OC. The zero-order valence-corrected chi connectivity index (χ0v) is 12.7. The third kappa shape index (κ3) is 7.71. The van der Waals surface area contributed by atoms with Crippen LogP contribution >= 0.6 is 0 Å². The van der Waals surface area contributed by atoms with E-state index in [0.717, 1.165) is 18.9 Å². The van der Waals surface area contributed by atoms with Crippen molar-refractivity contribution in [1.82, 2.24) is 0 Å². The largest absolute Gasteiger partial charge is 0.500 e. The lowest BCUT2D eigenvalue weighted by Gasteiger charge is -2.24. The van der Waals surface area contributed by atoms with E-state index in [1.54, 1.807) is 21.3 Å². The highest BCUT2D eigenvalue weighted by Crippen LogP contribution is 2.18. The van der Waals surface area contributed by atoms with E-state index in [1.807, 2.05) is 6.08 Å². The van der Waals surface area contributed by atoms with Crippen molar-refractivity contribution in [2.75, 3.05) is 21.3 Å². The molecule has 0 aliphatic heterocycles. The van der Waals surface area contributed by atoms with Gasteiger partial charge in [0, 0.05) is 27.4 Å². The minimum Gasteiger partial charge on any atom is -0.377 e. The molecule has 0 unspecified atom stereocenters. The lowest BCUT2D eigenvalue weighted by molar-refractivity contribution is 0.122. The monoisotopic (exact) mass is 260 g/mol. The standard InChI is InChI=1S/C13H28O3Si/c1-5-6-7-8-9-10-11-12-13-17(14-2,15-3)16-4/h5H,1,6-13H2,2-4H3. The second-order valence-corrected chi connectivity index (χ2v) is 7.33. The summed E-state index contributed by atoms with van der Waals surface area (Å²) in [5.74, 6) is 0. The molecule has 0 spiro atoms. The molecular weight excluding hydrogens is 232 g/mol. The van der Waals surface area contributed by atoms with Crippen molar-refractivity contribution in [3.8, 4) is 0 Å². The number of hydrogen-bond acceptors (Lipinski definition) is 3. The minimum absolute atomic E-state index is 0.920. The summed E-state index contributed by atoms with van der Waals surface area (Å²) in [6, 6.07) is 0.920. The van der Waals surface area contributed by atoms with Crippen LogP contribution in [0.3, 0.4) is 0 Å². The molecule has 4 heteroatoms. The molecule has 0 saturated heterocycles. The Bertz CT molecular complexity index is 173. The molecule has 0 heterocycles. The Morgan fingerprint density at radius 3 is 1.76 bits per heavy atom. The predicted molar refractivity (Wildman–Crippen MR) is 74.1 cm³/mol. The normalized spacial score (nSPS) is 11.7. The molecule has 17 heavy (non-hydrogen) atoms. The Balaban J connectivity index is 3.46. The fourth-order valence-electron chi connectivity index (χ4n) is 1.89. The maximum atomic E-state index is 5.38. The third-order valence-electron chi connectivity index (χ3n) is 3.07. The Kier molecular flexibility index (Phi) is 10.9. The maximum absolute atomic E-state index is 5.38. The van der Waals surface area contributed by atoms with Crippen LogP contribution < -0.4 is 0 Å². The highest BCUT2D eigenvalue weighted by molar-refractivity contribution is 6.60. The number of rotatable bonds is 12. The van der Waals surface area contributed by atoms with Crippen molar-refractivity contribution in [2.24, 2.45) is 0 Å². The summed E-state index contributed by atoms with van der Waals surface area (Å²) in [7, 11) is 2.71. The van der Waals surface area contributed by atoms with Gasteiger partial charge in [-0.15, -0.1) is 6.58 Å². The fourth-order valence-corrected chi connectivity index (χ4v) is 3.69. The highest BCUT2D eigenvalue weighted by atomic mass is 28.4. The Labute approximate surface area is 108 Å². The summed E-state index contributed by atoms with van der Waals surface area (Å²) in [5.41, 5.74) is 0. The first-order chi connectivity index (χ1) is 8.24. The van der Waals surface area contributed by atoms with Gasteiger partial charge in [0.15, 0.2) is 0 Å². The van der Waals surface area contributed by atoms with Gasteiger partial charge in [0.25, 0.3) is 0 Å². The summed E-state index contributed by atoms with van der Waals surface area (Å²) in [6.45, 7) is 3.73. The molecule has 0 rings (SSSR count). The van der Waals surface area contributed by atoms with E-state index in [4.69, 9.17) is 13.3 Å². The van der Waals surface area contributed by atoms with Gasteiger partial charge in [-0.05, 0) is 19.3 Å². The number of hydrogen-bond donors (Lipinski definition) is 0. The van der Waals surface area contributed by atoms with Crippen molar-refractivity contribution >= 4 is 8.80 Å². The molecule has 0 aromatic carbocycles. The molecule has 0 atom stereocenters. The van der Waals surface area contributed by atoms with Crippen molar-refractivity contribution in [3.05, 3.63) is 12.7 Å². The van der Waals surface area contributed by atoms with Gasteiger partial charge in [-0.2, -0.15) is 0 Å². The van der Waals surface area contributed by atoms with Gasteiger partial charge in [0.2, 0.25) is 0 Å². The summed E-state index contributed by atoms with van der Waals surface area (Å²) in [6.07, 6.45) is 10.7. The summed E-state index contributed by atoms with van der Waals surface area (Å²) >= 11 is 0. The molecule has 0 aliphatic rings.